The van der Waals surface area contributed by atoms with E-state index in [0.717, 1.165) is 21.9 Å². The Balaban J connectivity index is 2.38. The van der Waals surface area contributed by atoms with Crippen LogP contribution in [-0.2, 0) is 0 Å². The lowest BCUT2D eigenvalue weighted by molar-refractivity contribution is 0.778. The van der Waals surface area contributed by atoms with Gasteiger partial charge in [0.2, 0.25) is 0 Å². The number of fused-ring (bicyclic) bond motifs is 1. The van der Waals surface area contributed by atoms with Crippen LogP contribution in [0.5, 0.6) is 0 Å². The first kappa shape index (κ1) is 16.8. The summed E-state index contributed by atoms with van der Waals surface area (Å²) in [6.45, 7) is 8.52. The molecule has 0 spiro atoms. The standard InChI is InChI=1S/C20H22N2OS/c1-13(2)15-9-6-8-12-18(15)22-19(23)16-10-5-7-11-17(16)21-20(22)24-14(3)4/h5-14H,1-4H3. The molecule has 0 radical (unpaired) electrons. The summed E-state index contributed by atoms with van der Waals surface area (Å²) in [5, 5.41) is 1.75. The summed E-state index contributed by atoms with van der Waals surface area (Å²) in [7, 11) is 0. The van der Waals surface area contributed by atoms with Crippen molar-refractivity contribution >= 4 is 22.7 Å². The molecule has 2 aromatic carbocycles. The Morgan fingerprint density at radius 3 is 2.33 bits per heavy atom. The van der Waals surface area contributed by atoms with Crippen LogP contribution < -0.4 is 5.56 Å². The second kappa shape index (κ2) is 6.81. The fourth-order valence-electron chi connectivity index (χ4n) is 2.79. The Morgan fingerprint density at radius 2 is 1.62 bits per heavy atom. The molecule has 0 aliphatic heterocycles. The summed E-state index contributed by atoms with van der Waals surface area (Å²) in [4.78, 5) is 18.0. The molecule has 3 aromatic rings. The van der Waals surface area contributed by atoms with E-state index >= 15 is 0 Å². The van der Waals surface area contributed by atoms with Gasteiger partial charge < -0.3 is 0 Å². The SMILES string of the molecule is CC(C)Sc1nc2ccccc2c(=O)n1-c1ccccc1C(C)C. The third-order valence-corrected chi connectivity index (χ3v) is 4.84. The Kier molecular flexibility index (Phi) is 4.76. The largest absolute Gasteiger partial charge is 0.268 e. The van der Waals surface area contributed by atoms with E-state index in [4.69, 9.17) is 4.98 Å². The molecule has 1 aromatic heterocycles. The van der Waals surface area contributed by atoms with Gasteiger partial charge in [0.1, 0.15) is 0 Å². The van der Waals surface area contributed by atoms with Crippen LogP contribution in [0.2, 0.25) is 0 Å². The maximum absolute atomic E-state index is 13.2. The van der Waals surface area contributed by atoms with Crippen LogP contribution in [0.25, 0.3) is 16.6 Å². The van der Waals surface area contributed by atoms with Gasteiger partial charge >= 0.3 is 0 Å². The zero-order valence-electron chi connectivity index (χ0n) is 14.5. The molecule has 4 heteroatoms. The summed E-state index contributed by atoms with van der Waals surface area (Å²) < 4.78 is 1.78. The Labute approximate surface area is 146 Å². The highest BCUT2D eigenvalue weighted by molar-refractivity contribution is 7.99. The predicted octanol–water partition coefficient (Wildman–Crippen LogP) is 5.01. The molecule has 1 heterocycles. The first-order valence-corrected chi connectivity index (χ1v) is 9.14. The van der Waals surface area contributed by atoms with E-state index in [-0.39, 0.29) is 5.56 Å². The monoisotopic (exact) mass is 338 g/mol. The third kappa shape index (κ3) is 3.11. The second-order valence-corrected chi connectivity index (χ2v) is 7.98. The van der Waals surface area contributed by atoms with Gasteiger partial charge in [-0.3, -0.25) is 9.36 Å². The average Bonchev–Trinajstić information content (AvgIpc) is 2.54. The molecule has 124 valence electrons. The van der Waals surface area contributed by atoms with Gasteiger partial charge in [-0.15, -0.1) is 0 Å². The number of para-hydroxylation sites is 2. The van der Waals surface area contributed by atoms with Gasteiger partial charge in [-0.1, -0.05) is 69.8 Å². The van der Waals surface area contributed by atoms with Crippen LogP contribution in [-0.4, -0.2) is 14.8 Å². The van der Waals surface area contributed by atoms with Crippen LogP contribution in [0, 0.1) is 0 Å². The summed E-state index contributed by atoms with van der Waals surface area (Å²) in [6.07, 6.45) is 0. The van der Waals surface area contributed by atoms with Gasteiger partial charge in [-0.05, 0) is 29.7 Å². The number of thioether (sulfide) groups is 1. The zero-order chi connectivity index (χ0) is 17.3. The van der Waals surface area contributed by atoms with Gasteiger partial charge in [0, 0.05) is 5.25 Å². The van der Waals surface area contributed by atoms with Crippen molar-refractivity contribution in [3.05, 3.63) is 64.4 Å². The first-order valence-electron chi connectivity index (χ1n) is 8.26. The zero-order valence-corrected chi connectivity index (χ0v) is 15.3. The van der Waals surface area contributed by atoms with Gasteiger partial charge in [0.25, 0.3) is 5.56 Å². The molecule has 0 bridgehead atoms. The van der Waals surface area contributed by atoms with E-state index in [1.54, 1.807) is 16.3 Å². The Morgan fingerprint density at radius 1 is 0.958 bits per heavy atom. The van der Waals surface area contributed by atoms with Crippen molar-refractivity contribution in [3.8, 4) is 5.69 Å². The minimum absolute atomic E-state index is 0.00292. The number of hydrogen-bond donors (Lipinski definition) is 0. The van der Waals surface area contributed by atoms with Crippen LogP contribution in [0.1, 0.15) is 39.2 Å². The Hall–Kier alpha value is -2.07. The third-order valence-electron chi connectivity index (χ3n) is 3.89. The average molecular weight is 338 g/mol. The number of benzene rings is 2. The topological polar surface area (TPSA) is 34.9 Å². The van der Waals surface area contributed by atoms with Crippen molar-refractivity contribution in [3.63, 3.8) is 0 Å². The van der Waals surface area contributed by atoms with E-state index in [2.05, 4.69) is 33.8 Å². The lowest BCUT2D eigenvalue weighted by Crippen LogP contribution is -2.23. The molecule has 0 saturated carbocycles. The summed E-state index contributed by atoms with van der Waals surface area (Å²) in [5.74, 6) is 0.330. The lowest BCUT2D eigenvalue weighted by atomic mass is 10.0. The number of nitrogens with zero attached hydrogens (tertiary/aromatic N) is 2. The number of rotatable bonds is 4. The van der Waals surface area contributed by atoms with Crippen molar-refractivity contribution in [2.75, 3.05) is 0 Å². The molecule has 0 aliphatic carbocycles. The summed E-state index contributed by atoms with van der Waals surface area (Å²) >= 11 is 1.62. The lowest BCUT2D eigenvalue weighted by Gasteiger charge is -2.18. The molecule has 3 nitrogen and oxygen atoms in total. The molecule has 3 rings (SSSR count). The summed E-state index contributed by atoms with van der Waals surface area (Å²) in [6, 6.07) is 15.7. The molecular formula is C20H22N2OS. The molecule has 24 heavy (non-hydrogen) atoms. The maximum atomic E-state index is 13.2. The fraction of sp³-hybridized carbons (Fsp3) is 0.300. The van der Waals surface area contributed by atoms with Gasteiger partial charge in [0.15, 0.2) is 5.16 Å². The van der Waals surface area contributed by atoms with Crippen LogP contribution in [0.3, 0.4) is 0 Å². The van der Waals surface area contributed by atoms with Crippen molar-refractivity contribution in [1.29, 1.82) is 0 Å². The van der Waals surface area contributed by atoms with E-state index in [1.165, 1.54) is 0 Å². The van der Waals surface area contributed by atoms with Crippen LogP contribution in [0.15, 0.2) is 58.5 Å². The van der Waals surface area contributed by atoms with E-state index in [1.807, 2.05) is 42.5 Å². The molecular weight excluding hydrogens is 316 g/mol. The normalized spacial score (nSPS) is 11.6. The first-order chi connectivity index (χ1) is 11.5. The highest BCUT2D eigenvalue weighted by Crippen LogP contribution is 2.28. The van der Waals surface area contributed by atoms with Gasteiger partial charge in [0.05, 0.1) is 16.6 Å². The van der Waals surface area contributed by atoms with E-state index in [9.17, 15) is 4.79 Å². The quantitative estimate of drug-likeness (QED) is 0.495. The highest BCUT2D eigenvalue weighted by Gasteiger charge is 2.17. The Bertz CT molecular complexity index is 928. The number of hydrogen-bond acceptors (Lipinski definition) is 3. The maximum Gasteiger partial charge on any atom is 0.266 e. The minimum atomic E-state index is -0.00292. The van der Waals surface area contributed by atoms with Crippen molar-refractivity contribution in [2.45, 2.75) is 44.0 Å². The fourth-order valence-corrected chi connectivity index (χ4v) is 3.65. The van der Waals surface area contributed by atoms with E-state index in [0.29, 0.717) is 16.6 Å². The van der Waals surface area contributed by atoms with E-state index < -0.39 is 0 Å². The van der Waals surface area contributed by atoms with Gasteiger partial charge in [-0.25, -0.2) is 4.98 Å². The summed E-state index contributed by atoms with van der Waals surface area (Å²) in [5.41, 5.74) is 2.84. The van der Waals surface area contributed by atoms with Crippen LogP contribution >= 0.6 is 11.8 Å². The van der Waals surface area contributed by atoms with Gasteiger partial charge in [-0.2, -0.15) is 0 Å². The molecule has 0 atom stereocenters. The molecule has 0 N–H and O–H groups in total. The molecule has 0 saturated heterocycles. The highest BCUT2D eigenvalue weighted by atomic mass is 32.2. The molecule has 0 aliphatic rings. The molecule has 0 amide bonds. The van der Waals surface area contributed by atoms with Crippen molar-refractivity contribution in [2.24, 2.45) is 0 Å². The molecule has 0 fully saturated rings. The van der Waals surface area contributed by atoms with Crippen LogP contribution in [0.4, 0.5) is 0 Å². The predicted molar refractivity (Wildman–Crippen MR) is 102 cm³/mol. The number of aromatic nitrogens is 2. The van der Waals surface area contributed by atoms with Crippen molar-refractivity contribution < 1.29 is 0 Å². The van der Waals surface area contributed by atoms with Crippen molar-refractivity contribution in [1.82, 2.24) is 9.55 Å². The molecule has 0 unspecified atom stereocenters. The second-order valence-electron chi connectivity index (χ2n) is 6.43. The smallest absolute Gasteiger partial charge is 0.266 e. The minimum Gasteiger partial charge on any atom is -0.268 e.